The number of methoxy groups -OCH3 is 3. The molecule has 41 heavy (non-hydrogen) atoms. The van der Waals surface area contributed by atoms with Crippen molar-refractivity contribution in [3.63, 3.8) is 0 Å². The normalized spacial score (nSPS) is 12.9. The van der Waals surface area contributed by atoms with E-state index in [0.717, 1.165) is 49.5 Å². The van der Waals surface area contributed by atoms with Crippen LogP contribution in [0.4, 0.5) is 17.1 Å². The second kappa shape index (κ2) is 15.4. The van der Waals surface area contributed by atoms with E-state index in [1.54, 1.807) is 39.5 Å². The van der Waals surface area contributed by atoms with Crippen molar-refractivity contribution in [2.75, 3.05) is 51.2 Å². The lowest BCUT2D eigenvalue weighted by atomic mass is 9.99. The Morgan fingerprint density at radius 2 is 1.63 bits per heavy atom. The summed E-state index contributed by atoms with van der Waals surface area (Å²) in [5.74, 6) is 1.66. The highest BCUT2D eigenvalue weighted by Gasteiger charge is 2.25. The number of benzene rings is 3. The predicted molar refractivity (Wildman–Crippen MR) is 164 cm³/mol. The molecule has 0 unspecified atom stereocenters. The molecule has 9 nitrogen and oxygen atoms in total. The zero-order chi connectivity index (χ0) is 29.8. The minimum atomic E-state index is -0.424. The van der Waals surface area contributed by atoms with Crippen LogP contribution in [-0.4, -0.2) is 52.9 Å². The number of carbonyl (C=O) groups is 1. The molecule has 1 aliphatic rings. The number of hydrogen-bond acceptors (Lipinski definition) is 8. The summed E-state index contributed by atoms with van der Waals surface area (Å²) < 4.78 is 16.4. The monoisotopic (exact) mass is 559 g/mol. The molecule has 4 N–H and O–H groups in total. The zero-order valence-corrected chi connectivity index (χ0v) is 24.6. The third-order valence-corrected chi connectivity index (χ3v) is 6.74. The third-order valence-electron chi connectivity index (χ3n) is 6.74. The van der Waals surface area contributed by atoms with E-state index in [4.69, 9.17) is 25.2 Å². The average Bonchev–Trinajstić information content (AvgIpc) is 3.00. The highest BCUT2D eigenvalue weighted by molar-refractivity contribution is 5.99. The van der Waals surface area contributed by atoms with E-state index in [0.29, 0.717) is 40.3 Å². The number of nitrogens with one attached hydrogen (secondary N) is 2. The number of hydrogen-bond donors (Lipinski definition) is 3. The average molecular weight is 560 g/mol. The number of primary amides is 1. The van der Waals surface area contributed by atoms with Crippen LogP contribution in [0.25, 0.3) is 0 Å². The largest absolute Gasteiger partial charge is 0.493 e. The van der Waals surface area contributed by atoms with Gasteiger partial charge in [0.05, 0.1) is 44.2 Å². The van der Waals surface area contributed by atoms with Gasteiger partial charge in [0.2, 0.25) is 5.75 Å². The highest BCUT2D eigenvalue weighted by atomic mass is 16.5. The minimum Gasteiger partial charge on any atom is -0.493 e. The molecule has 1 saturated heterocycles. The second-order valence-electron chi connectivity index (χ2n) is 10.1. The fraction of sp³-hybridized carbons (Fsp3) is 0.375. The number of nitrogens with zero attached hydrogens (tertiary/aromatic N) is 2. The molecule has 3 aromatic carbocycles. The molecule has 218 valence electrons. The van der Waals surface area contributed by atoms with Gasteiger partial charge in [-0.1, -0.05) is 32.0 Å². The van der Waals surface area contributed by atoms with Gasteiger partial charge in [-0.3, -0.25) is 4.79 Å². The molecule has 0 bridgehead atoms. The number of piperidine rings is 1. The van der Waals surface area contributed by atoms with Crippen LogP contribution >= 0.6 is 0 Å². The standard InChI is InChI=1S/C25H36N4O4.C7H5N/c1-16(2)15-29(19-8-10-27-11-9-19)21-12-17(6-7-20(21)25(26)30)28-18-13-22(31-3)24(33-5)23(14-18)32-4;8-6-7-4-2-1-3-5-7/h6-7,12-14,16,19,27-28H,8-11,15H2,1-5H3,(H2,26,30);1-5H. The van der Waals surface area contributed by atoms with Gasteiger partial charge in [0.1, 0.15) is 0 Å². The summed E-state index contributed by atoms with van der Waals surface area (Å²) in [6.45, 7) is 7.16. The molecule has 4 rings (SSSR count). The molecule has 3 aromatic rings. The number of nitrogens with two attached hydrogens (primary N) is 1. The quantitative estimate of drug-likeness (QED) is 0.305. The third kappa shape index (κ3) is 8.53. The van der Waals surface area contributed by atoms with Crippen LogP contribution in [0.3, 0.4) is 0 Å². The van der Waals surface area contributed by atoms with E-state index in [1.807, 2.05) is 48.5 Å². The lowest BCUT2D eigenvalue weighted by molar-refractivity contribution is 0.100. The molecule has 1 aliphatic heterocycles. The molecule has 1 fully saturated rings. The predicted octanol–water partition coefficient (Wildman–Crippen LogP) is 5.33. The lowest BCUT2D eigenvalue weighted by Gasteiger charge is -2.38. The molecule has 0 atom stereocenters. The van der Waals surface area contributed by atoms with Crippen molar-refractivity contribution < 1.29 is 19.0 Å². The summed E-state index contributed by atoms with van der Waals surface area (Å²) in [5, 5.41) is 15.1. The fourth-order valence-corrected chi connectivity index (χ4v) is 4.84. The maximum atomic E-state index is 12.3. The Morgan fingerprint density at radius 1 is 1.00 bits per heavy atom. The van der Waals surface area contributed by atoms with Crippen molar-refractivity contribution in [3.05, 3.63) is 71.8 Å². The molecule has 0 aliphatic carbocycles. The van der Waals surface area contributed by atoms with Gasteiger partial charge >= 0.3 is 0 Å². The van der Waals surface area contributed by atoms with Crippen LogP contribution in [0.2, 0.25) is 0 Å². The van der Waals surface area contributed by atoms with Crippen LogP contribution in [-0.2, 0) is 0 Å². The molecular weight excluding hydrogens is 518 g/mol. The van der Waals surface area contributed by atoms with Crippen LogP contribution in [0.1, 0.15) is 42.6 Å². The van der Waals surface area contributed by atoms with E-state index < -0.39 is 5.91 Å². The van der Waals surface area contributed by atoms with Gasteiger partial charge in [0, 0.05) is 36.1 Å². The van der Waals surface area contributed by atoms with E-state index in [-0.39, 0.29) is 0 Å². The first kappa shape index (κ1) is 31.1. The number of nitriles is 1. The van der Waals surface area contributed by atoms with Crippen molar-refractivity contribution in [3.8, 4) is 23.3 Å². The summed E-state index contributed by atoms with van der Waals surface area (Å²) in [5.41, 5.74) is 9.50. The number of amides is 1. The Bertz CT molecular complexity index is 1290. The summed E-state index contributed by atoms with van der Waals surface area (Å²) in [4.78, 5) is 14.7. The summed E-state index contributed by atoms with van der Waals surface area (Å²) in [7, 11) is 4.75. The summed E-state index contributed by atoms with van der Waals surface area (Å²) in [6.07, 6.45) is 2.05. The molecule has 0 saturated carbocycles. The van der Waals surface area contributed by atoms with E-state index >= 15 is 0 Å². The number of rotatable bonds is 10. The minimum absolute atomic E-state index is 0.350. The van der Waals surface area contributed by atoms with Gasteiger partial charge in [0.15, 0.2) is 11.5 Å². The Hall–Kier alpha value is -4.42. The van der Waals surface area contributed by atoms with Crippen molar-refractivity contribution in [2.45, 2.75) is 32.7 Å². The van der Waals surface area contributed by atoms with E-state index in [2.05, 4.69) is 29.4 Å². The first-order valence-electron chi connectivity index (χ1n) is 13.7. The molecular formula is C32H41N5O4. The van der Waals surface area contributed by atoms with E-state index in [1.165, 1.54) is 0 Å². The molecule has 1 heterocycles. The molecule has 0 spiro atoms. The van der Waals surface area contributed by atoms with Crippen molar-refractivity contribution in [1.82, 2.24) is 5.32 Å². The molecule has 0 radical (unpaired) electrons. The number of ether oxygens (including phenoxy) is 3. The highest BCUT2D eigenvalue weighted by Crippen LogP contribution is 2.41. The maximum Gasteiger partial charge on any atom is 0.250 e. The summed E-state index contributed by atoms with van der Waals surface area (Å²) >= 11 is 0. The van der Waals surface area contributed by atoms with Gasteiger partial charge in [-0.25, -0.2) is 0 Å². The SMILES string of the molecule is COc1cc(Nc2ccc(C(N)=O)c(N(CC(C)C)C3CCNCC3)c2)cc(OC)c1OC.N#Cc1ccccc1. The number of anilines is 3. The topological polar surface area (TPSA) is 122 Å². The van der Waals surface area contributed by atoms with Crippen molar-refractivity contribution in [2.24, 2.45) is 11.7 Å². The first-order chi connectivity index (χ1) is 19.8. The van der Waals surface area contributed by atoms with Gasteiger partial charge in [-0.05, 0) is 62.2 Å². The van der Waals surface area contributed by atoms with E-state index in [9.17, 15) is 4.79 Å². The Labute approximate surface area is 243 Å². The van der Waals surface area contributed by atoms with Crippen LogP contribution in [0, 0.1) is 17.2 Å². The van der Waals surface area contributed by atoms with Crippen LogP contribution in [0.15, 0.2) is 60.7 Å². The fourth-order valence-electron chi connectivity index (χ4n) is 4.84. The van der Waals surface area contributed by atoms with Crippen molar-refractivity contribution in [1.29, 1.82) is 5.26 Å². The Morgan fingerprint density at radius 3 is 2.12 bits per heavy atom. The molecule has 1 amide bonds. The van der Waals surface area contributed by atoms with Gasteiger partial charge in [0.25, 0.3) is 5.91 Å². The molecule has 0 aromatic heterocycles. The number of carbonyl (C=O) groups excluding carboxylic acids is 1. The van der Waals surface area contributed by atoms with Gasteiger partial charge in [-0.15, -0.1) is 0 Å². The molecule has 9 heteroatoms. The second-order valence-corrected chi connectivity index (χ2v) is 10.1. The van der Waals surface area contributed by atoms with Gasteiger partial charge in [-0.2, -0.15) is 5.26 Å². The lowest BCUT2D eigenvalue weighted by Crippen LogP contribution is -2.45. The van der Waals surface area contributed by atoms with Crippen molar-refractivity contribution >= 4 is 23.0 Å². The zero-order valence-electron chi connectivity index (χ0n) is 24.6. The first-order valence-corrected chi connectivity index (χ1v) is 13.7. The van der Waals surface area contributed by atoms with Gasteiger partial charge < -0.3 is 35.5 Å². The Balaban J connectivity index is 0.000000496. The maximum absolute atomic E-state index is 12.3. The van der Waals surface area contributed by atoms with Crippen LogP contribution in [0.5, 0.6) is 17.2 Å². The summed E-state index contributed by atoms with van der Waals surface area (Å²) in [6, 6.07) is 20.9. The van der Waals surface area contributed by atoms with Crippen LogP contribution < -0.4 is 35.5 Å². The smallest absolute Gasteiger partial charge is 0.250 e. The Kier molecular flexibility index (Phi) is 11.7.